The van der Waals surface area contributed by atoms with E-state index in [0.717, 1.165) is 83.5 Å². The van der Waals surface area contributed by atoms with E-state index < -0.39 is 30.4 Å². The van der Waals surface area contributed by atoms with Gasteiger partial charge in [-0.3, -0.25) is 28.8 Å². The van der Waals surface area contributed by atoms with Crippen LogP contribution in [0.4, 0.5) is 0 Å². The summed E-state index contributed by atoms with van der Waals surface area (Å²) in [5.41, 5.74) is 0. The molecule has 0 heterocycles. The van der Waals surface area contributed by atoms with Crippen molar-refractivity contribution in [3.63, 3.8) is 0 Å². The van der Waals surface area contributed by atoms with Gasteiger partial charge >= 0.3 is 23.9 Å². The minimum Gasteiger partial charge on any atom is -0.464 e. The number of aliphatic hydroxyl groups is 2. The molecule has 0 saturated heterocycles. The van der Waals surface area contributed by atoms with Crippen LogP contribution in [0, 0.1) is 0 Å². The normalized spacial score (nSPS) is 13.0. The molecule has 0 aromatic carbocycles. The number of rotatable bonds is 48. The molecule has 0 saturated carbocycles. The lowest BCUT2D eigenvalue weighted by molar-refractivity contribution is -0.157. The zero-order valence-electron chi connectivity index (χ0n) is 47.9. The van der Waals surface area contributed by atoms with Crippen LogP contribution in [-0.2, 0) is 47.7 Å². The summed E-state index contributed by atoms with van der Waals surface area (Å²) in [6, 6.07) is 0. The molecule has 74 heavy (non-hydrogen) atoms. The minimum atomic E-state index is -0.757. The van der Waals surface area contributed by atoms with E-state index in [4.69, 9.17) is 18.9 Å². The van der Waals surface area contributed by atoms with E-state index in [1.165, 1.54) is 45.4 Å². The number of nitrogens with one attached hydrogen (secondary N) is 2. The van der Waals surface area contributed by atoms with Gasteiger partial charge in [0.15, 0.2) is 0 Å². The highest BCUT2D eigenvalue weighted by molar-refractivity contribution is 5.76. The third kappa shape index (κ3) is 51.6. The number of hydrogen-bond donors (Lipinski definition) is 4. The topological polar surface area (TPSA) is 210 Å². The van der Waals surface area contributed by atoms with Crippen LogP contribution >= 0.6 is 0 Å². The molecule has 0 fully saturated rings. The number of nitrogens with zero attached hydrogens (tertiary/aromatic N) is 2. The summed E-state index contributed by atoms with van der Waals surface area (Å²) in [6.07, 6.45) is 30.5. The van der Waals surface area contributed by atoms with Gasteiger partial charge in [0.1, 0.15) is 25.4 Å². The van der Waals surface area contributed by atoms with Gasteiger partial charge in [0.05, 0.1) is 12.2 Å². The maximum absolute atomic E-state index is 12.4. The predicted molar refractivity (Wildman–Crippen MR) is 296 cm³/mol. The van der Waals surface area contributed by atoms with Crippen LogP contribution in [0.2, 0.25) is 0 Å². The van der Waals surface area contributed by atoms with E-state index in [2.05, 4.69) is 43.6 Å². The van der Waals surface area contributed by atoms with Crippen LogP contribution in [-0.4, -0.2) is 148 Å². The number of ether oxygens (including phenoxy) is 4. The molecule has 0 aliphatic carbocycles. The molecule has 0 aliphatic heterocycles. The molecule has 16 nitrogen and oxygen atoms in total. The zero-order chi connectivity index (χ0) is 55.5. The molecule has 432 valence electrons. The van der Waals surface area contributed by atoms with E-state index in [1.807, 2.05) is 50.1 Å². The second kappa shape index (κ2) is 52.6. The summed E-state index contributed by atoms with van der Waals surface area (Å²) in [7, 11) is 7.64. The highest BCUT2D eigenvalue weighted by atomic mass is 16.6. The Labute approximate surface area is 449 Å². The molecule has 2 amide bonds. The molecule has 0 rings (SSSR count). The Balaban J connectivity index is 0. The largest absolute Gasteiger partial charge is 0.464 e. The van der Waals surface area contributed by atoms with Crippen molar-refractivity contribution in [1.29, 1.82) is 0 Å². The molecule has 0 aliphatic rings. The maximum Gasteiger partial charge on any atom is 0.306 e. The van der Waals surface area contributed by atoms with Crippen LogP contribution in [0.1, 0.15) is 220 Å². The fourth-order valence-corrected chi connectivity index (χ4v) is 7.55. The van der Waals surface area contributed by atoms with Crippen LogP contribution in [0.15, 0.2) is 24.3 Å². The fourth-order valence-electron chi connectivity index (χ4n) is 7.55. The molecule has 0 radical (unpaired) electrons. The monoisotopic (exact) mass is 1050 g/mol. The van der Waals surface area contributed by atoms with Gasteiger partial charge in [-0.05, 0) is 112 Å². The van der Waals surface area contributed by atoms with Crippen molar-refractivity contribution in [2.24, 2.45) is 0 Å². The van der Waals surface area contributed by atoms with Crippen molar-refractivity contribution in [1.82, 2.24) is 20.4 Å². The second-order valence-corrected chi connectivity index (χ2v) is 20.0. The Bertz CT molecular complexity index is 1460. The minimum absolute atomic E-state index is 0.0198. The first-order valence-corrected chi connectivity index (χ1v) is 28.7. The van der Waals surface area contributed by atoms with Gasteiger partial charge in [0.25, 0.3) is 0 Å². The summed E-state index contributed by atoms with van der Waals surface area (Å²) in [4.78, 5) is 74.6. The highest BCUT2D eigenvalue weighted by Crippen LogP contribution is 2.18. The van der Waals surface area contributed by atoms with Crippen LogP contribution in [0.25, 0.3) is 0 Å². The summed E-state index contributed by atoms with van der Waals surface area (Å²) in [5.74, 6) is -1.43. The summed E-state index contributed by atoms with van der Waals surface area (Å²) in [6.45, 7) is 10.8. The van der Waals surface area contributed by atoms with E-state index in [0.29, 0.717) is 84.3 Å². The molecular formula is C58H108N4O12. The first-order valence-electron chi connectivity index (χ1n) is 28.7. The Hall–Kier alpha value is -3.86. The Morgan fingerprint density at radius 2 is 0.838 bits per heavy atom. The standard InChI is InChI=1S/C31H57N3O7.C27H51NO5/c1-5-6-13-18-28(41-31(39)21-16-20-30(38)40-25-24-34(3)4)27(36)17-14-11-9-7-8-10-12-15-19-29(37)33-23-22-32-26(2)35;1-5-7-9-10-11-12-13-14-16-18-24(29)25(19-15-8-6-2)33-27(31)21-17-20-26(30)32-23-22-28(3)4/h11,14,27-28,36H,5-10,12-13,15-25H2,1-4H3,(H,32,35)(H,33,37);14,16,24-25,29H,5-13,15,17-23H2,1-4H3/b14-11-;16-14-. The van der Waals surface area contributed by atoms with Gasteiger partial charge in [-0.1, -0.05) is 122 Å². The summed E-state index contributed by atoms with van der Waals surface area (Å²) >= 11 is 0. The average molecular weight is 1050 g/mol. The lowest BCUT2D eigenvalue weighted by atomic mass is 10.0. The summed E-state index contributed by atoms with van der Waals surface area (Å²) < 4.78 is 21.5. The third-order valence-electron chi connectivity index (χ3n) is 12.1. The van der Waals surface area contributed by atoms with Crippen LogP contribution < -0.4 is 10.6 Å². The number of hydrogen-bond acceptors (Lipinski definition) is 14. The number of allylic oxidation sites excluding steroid dienone is 2. The quantitative estimate of drug-likeness (QED) is 0.0194. The van der Waals surface area contributed by atoms with E-state index >= 15 is 0 Å². The van der Waals surface area contributed by atoms with Crippen molar-refractivity contribution in [3.8, 4) is 0 Å². The van der Waals surface area contributed by atoms with Gasteiger partial charge in [0.2, 0.25) is 11.8 Å². The van der Waals surface area contributed by atoms with Gasteiger partial charge in [-0.2, -0.15) is 0 Å². The van der Waals surface area contributed by atoms with Crippen molar-refractivity contribution >= 4 is 35.7 Å². The Morgan fingerprint density at radius 3 is 1.26 bits per heavy atom. The van der Waals surface area contributed by atoms with Crippen molar-refractivity contribution in [2.45, 2.75) is 245 Å². The lowest BCUT2D eigenvalue weighted by Crippen LogP contribution is -2.33. The summed E-state index contributed by atoms with van der Waals surface area (Å²) in [5, 5.41) is 26.7. The molecule has 0 spiro atoms. The number of carbonyl (C=O) groups excluding carboxylic acids is 6. The van der Waals surface area contributed by atoms with Crippen molar-refractivity contribution in [3.05, 3.63) is 24.3 Å². The molecule has 4 unspecified atom stereocenters. The molecule has 0 aromatic rings. The van der Waals surface area contributed by atoms with E-state index in [-0.39, 0.29) is 55.4 Å². The first kappa shape index (κ1) is 72.2. The smallest absolute Gasteiger partial charge is 0.306 e. The maximum atomic E-state index is 12.4. The number of carbonyl (C=O) groups is 6. The molecule has 4 N–H and O–H groups in total. The zero-order valence-corrected chi connectivity index (χ0v) is 47.9. The van der Waals surface area contributed by atoms with Gasteiger partial charge in [0, 0.05) is 65.2 Å². The van der Waals surface area contributed by atoms with Crippen LogP contribution in [0.5, 0.6) is 0 Å². The fraction of sp³-hybridized carbons (Fsp3) is 0.828. The second-order valence-electron chi connectivity index (χ2n) is 20.0. The number of amides is 2. The third-order valence-corrected chi connectivity index (χ3v) is 12.1. The predicted octanol–water partition coefficient (Wildman–Crippen LogP) is 9.86. The average Bonchev–Trinajstić information content (AvgIpc) is 3.34. The van der Waals surface area contributed by atoms with E-state index in [1.54, 1.807) is 0 Å². The number of aliphatic hydroxyl groups excluding tert-OH is 2. The van der Waals surface area contributed by atoms with E-state index in [9.17, 15) is 39.0 Å². The molecule has 0 bridgehead atoms. The highest BCUT2D eigenvalue weighted by Gasteiger charge is 2.24. The SMILES string of the molecule is CCCCCC(OC(=O)CCCC(=O)OCCN(C)C)C(O)C/C=C\CCCCCCCC(=O)NCCNC(C)=O.CCCCCCCC/C=C\CC(O)C(CCCCC)OC(=O)CCCC(=O)OCCN(C)C. The lowest BCUT2D eigenvalue weighted by Gasteiger charge is -2.22. The molecular weight excluding hydrogens is 945 g/mol. The van der Waals surface area contributed by atoms with Crippen molar-refractivity contribution < 1.29 is 57.9 Å². The first-order chi connectivity index (χ1) is 35.6. The number of likely N-dealkylation sites (N-methyl/N-ethyl adjacent to an activating group) is 2. The number of esters is 4. The van der Waals surface area contributed by atoms with Gasteiger partial charge in [-0.25, -0.2) is 0 Å². The van der Waals surface area contributed by atoms with Crippen LogP contribution in [0.3, 0.4) is 0 Å². The Kier molecular flexibility index (Phi) is 51.3. The number of unbranched alkanes of at least 4 members (excludes halogenated alkanes) is 15. The molecule has 16 heteroatoms. The molecule has 4 atom stereocenters. The van der Waals surface area contributed by atoms with Crippen molar-refractivity contribution in [2.75, 3.05) is 67.6 Å². The van der Waals surface area contributed by atoms with Gasteiger partial charge in [-0.15, -0.1) is 0 Å². The van der Waals surface area contributed by atoms with Gasteiger partial charge < -0.3 is 49.6 Å². The Morgan fingerprint density at radius 1 is 0.459 bits per heavy atom. The molecule has 0 aromatic heterocycles.